The van der Waals surface area contributed by atoms with E-state index in [4.69, 9.17) is 14.2 Å². The maximum Gasteiger partial charge on any atom is 0.408 e. The predicted octanol–water partition coefficient (Wildman–Crippen LogP) is 3.01. The maximum absolute atomic E-state index is 12.9. The second-order valence-electron chi connectivity index (χ2n) is 10.3. The molecule has 0 aromatic heterocycles. The number of alkyl carbamates (subject to hydrolysis) is 1. The Labute approximate surface area is 245 Å². The molecule has 5 atom stereocenters. The monoisotopic (exact) mass is 581 g/mol. The number of carbonyl (C=O) groups is 5. The second-order valence-corrected chi connectivity index (χ2v) is 10.3. The average molecular weight is 582 g/mol. The molecule has 1 aliphatic heterocycles. The fraction of sp³-hybridized carbons (Fsp3) is 0.452. The molecular weight excluding hydrogens is 542 g/mol. The van der Waals surface area contributed by atoms with Crippen LogP contribution in [0.4, 0.5) is 4.79 Å². The van der Waals surface area contributed by atoms with Crippen LogP contribution in [0.5, 0.6) is 0 Å². The zero-order chi connectivity index (χ0) is 30.5. The molecule has 1 saturated heterocycles. The van der Waals surface area contributed by atoms with Crippen LogP contribution in [0.3, 0.4) is 0 Å². The molecule has 1 aliphatic rings. The maximum atomic E-state index is 12.9. The van der Waals surface area contributed by atoms with Gasteiger partial charge in [0.2, 0.25) is 5.91 Å². The highest BCUT2D eigenvalue weighted by molar-refractivity contribution is 5.94. The van der Waals surface area contributed by atoms with Crippen molar-refractivity contribution >= 4 is 29.8 Å². The van der Waals surface area contributed by atoms with Gasteiger partial charge in [-0.3, -0.25) is 14.4 Å². The molecule has 3 amide bonds. The summed E-state index contributed by atoms with van der Waals surface area (Å²) in [5, 5.41) is 7.83. The molecular formula is C31H39N3O8. The smallest absolute Gasteiger partial charge is 0.408 e. The third-order valence-corrected chi connectivity index (χ3v) is 7.09. The van der Waals surface area contributed by atoms with Crippen LogP contribution in [-0.2, 0) is 46.6 Å². The van der Waals surface area contributed by atoms with Gasteiger partial charge < -0.3 is 30.2 Å². The van der Waals surface area contributed by atoms with Gasteiger partial charge in [-0.05, 0) is 36.8 Å². The van der Waals surface area contributed by atoms with Gasteiger partial charge in [0.1, 0.15) is 31.2 Å². The van der Waals surface area contributed by atoms with E-state index >= 15 is 0 Å². The quantitative estimate of drug-likeness (QED) is 0.165. The van der Waals surface area contributed by atoms with Gasteiger partial charge in [0, 0.05) is 6.54 Å². The van der Waals surface area contributed by atoms with Crippen LogP contribution < -0.4 is 16.0 Å². The first-order chi connectivity index (χ1) is 20.2. The minimum absolute atomic E-state index is 0.0203. The SMILES string of the molecule is CC[C@H](C)C1C(=O)O[C@@H]1C(=O)NCCC[C@H](NC(=O)[C@H](C)NC(=O)OCc1ccccc1)C(=O)OCc1ccccc1. The summed E-state index contributed by atoms with van der Waals surface area (Å²) in [4.78, 5) is 62.4. The lowest BCUT2D eigenvalue weighted by molar-refractivity contribution is -0.193. The Bertz CT molecular complexity index is 1210. The number of amides is 3. The first kappa shape index (κ1) is 32.1. The minimum atomic E-state index is -1.03. The number of rotatable bonds is 15. The number of hydrogen-bond donors (Lipinski definition) is 3. The van der Waals surface area contributed by atoms with E-state index in [0.717, 1.165) is 17.5 Å². The number of hydrogen-bond acceptors (Lipinski definition) is 8. The van der Waals surface area contributed by atoms with Crippen molar-refractivity contribution in [2.75, 3.05) is 6.54 Å². The summed E-state index contributed by atoms with van der Waals surface area (Å²) >= 11 is 0. The summed E-state index contributed by atoms with van der Waals surface area (Å²) in [6.07, 6.45) is -0.377. The third kappa shape index (κ3) is 9.60. The Hall–Kier alpha value is -4.41. The normalized spacial score (nSPS) is 17.8. The van der Waals surface area contributed by atoms with Crippen LogP contribution in [0, 0.1) is 11.8 Å². The Balaban J connectivity index is 1.51. The van der Waals surface area contributed by atoms with E-state index in [2.05, 4.69) is 16.0 Å². The average Bonchev–Trinajstić information content (AvgIpc) is 2.99. The van der Waals surface area contributed by atoms with Gasteiger partial charge in [0.25, 0.3) is 5.91 Å². The van der Waals surface area contributed by atoms with Crippen molar-refractivity contribution in [2.45, 2.75) is 71.4 Å². The molecule has 11 nitrogen and oxygen atoms in total. The zero-order valence-electron chi connectivity index (χ0n) is 24.2. The molecule has 11 heteroatoms. The van der Waals surface area contributed by atoms with Crippen molar-refractivity contribution < 1.29 is 38.2 Å². The predicted molar refractivity (Wildman–Crippen MR) is 152 cm³/mol. The van der Waals surface area contributed by atoms with E-state index in [-0.39, 0.29) is 44.0 Å². The summed E-state index contributed by atoms with van der Waals surface area (Å²) < 4.78 is 15.7. The summed E-state index contributed by atoms with van der Waals surface area (Å²) in [5.74, 6) is -2.47. The van der Waals surface area contributed by atoms with Crippen LogP contribution in [0.2, 0.25) is 0 Å². The molecule has 42 heavy (non-hydrogen) atoms. The fourth-order valence-corrected chi connectivity index (χ4v) is 4.33. The molecule has 1 fully saturated rings. The molecule has 1 heterocycles. The Morgan fingerprint density at radius 2 is 1.48 bits per heavy atom. The van der Waals surface area contributed by atoms with E-state index in [1.807, 2.05) is 62.4 Å². The van der Waals surface area contributed by atoms with Crippen LogP contribution in [0.25, 0.3) is 0 Å². The topological polar surface area (TPSA) is 149 Å². The van der Waals surface area contributed by atoms with Crippen molar-refractivity contribution in [2.24, 2.45) is 11.8 Å². The summed E-state index contributed by atoms with van der Waals surface area (Å²) in [6, 6.07) is 16.2. The van der Waals surface area contributed by atoms with Crippen LogP contribution in [0.1, 0.15) is 51.2 Å². The number of ether oxygens (including phenoxy) is 3. The van der Waals surface area contributed by atoms with Gasteiger partial charge in [-0.25, -0.2) is 9.59 Å². The Morgan fingerprint density at radius 3 is 2.05 bits per heavy atom. The van der Waals surface area contributed by atoms with Gasteiger partial charge in [0.15, 0.2) is 6.10 Å². The summed E-state index contributed by atoms with van der Waals surface area (Å²) in [7, 11) is 0. The van der Waals surface area contributed by atoms with Crippen molar-refractivity contribution in [1.82, 2.24) is 16.0 Å². The third-order valence-electron chi connectivity index (χ3n) is 7.09. The van der Waals surface area contributed by atoms with Gasteiger partial charge in [0.05, 0.1) is 0 Å². The Kier molecular flexibility index (Phi) is 12.3. The van der Waals surface area contributed by atoms with Gasteiger partial charge in [-0.15, -0.1) is 0 Å². The molecule has 0 radical (unpaired) electrons. The highest BCUT2D eigenvalue weighted by atomic mass is 16.6. The molecule has 226 valence electrons. The van der Waals surface area contributed by atoms with E-state index in [1.165, 1.54) is 6.92 Å². The lowest BCUT2D eigenvalue weighted by Crippen LogP contribution is -2.56. The molecule has 0 spiro atoms. The molecule has 1 unspecified atom stereocenters. The van der Waals surface area contributed by atoms with E-state index in [9.17, 15) is 24.0 Å². The van der Waals surface area contributed by atoms with Gasteiger partial charge in [-0.1, -0.05) is 80.9 Å². The molecule has 0 aliphatic carbocycles. The zero-order valence-corrected chi connectivity index (χ0v) is 24.2. The largest absolute Gasteiger partial charge is 0.459 e. The Morgan fingerprint density at radius 1 is 0.881 bits per heavy atom. The van der Waals surface area contributed by atoms with Crippen molar-refractivity contribution in [1.29, 1.82) is 0 Å². The highest BCUT2D eigenvalue weighted by Gasteiger charge is 2.49. The molecule has 0 saturated carbocycles. The van der Waals surface area contributed by atoms with E-state index in [1.54, 1.807) is 12.1 Å². The number of benzene rings is 2. The van der Waals surface area contributed by atoms with Crippen LogP contribution in [-0.4, -0.2) is 54.6 Å². The standard InChI is InChI=1S/C31H39N3O8/c1-4-20(2)25-26(42-30(25)38)28(36)32-17-11-16-24(29(37)40-18-22-12-7-5-8-13-22)34-27(35)21(3)33-31(39)41-19-23-14-9-6-10-15-23/h5-10,12-15,20-21,24-26H,4,11,16-19H2,1-3H3,(H,32,36)(H,33,39)(H,34,35)/t20-,21-,24-,25?,26-/m0/s1. The lowest BCUT2D eigenvalue weighted by atomic mass is 9.83. The van der Waals surface area contributed by atoms with Crippen LogP contribution >= 0.6 is 0 Å². The molecule has 3 N–H and O–H groups in total. The van der Waals surface area contributed by atoms with Crippen molar-refractivity contribution in [3.05, 3.63) is 71.8 Å². The summed E-state index contributed by atoms with van der Waals surface area (Å²) in [5.41, 5.74) is 1.58. The molecule has 0 bridgehead atoms. The number of carbonyl (C=O) groups excluding carboxylic acids is 5. The van der Waals surface area contributed by atoms with Crippen molar-refractivity contribution in [3.8, 4) is 0 Å². The highest BCUT2D eigenvalue weighted by Crippen LogP contribution is 2.31. The molecule has 2 aromatic rings. The first-order valence-electron chi connectivity index (χ1n) is 14.2. The first-order valence-corrected chi connectivity index (χ1v) is 14.2. The minimum Gasteiger partial charge on any atom is -0.459 e. The fourth-order valence-electron chi connectivity index (χ4n) is 4.33. The molecule has 3 rings (SSSR count). The van der Waals surface area contributed by atoms with E-state index < -0.39 is 42.1 Å². The van der Waals surface area contributed by atoms with E-state index in [0.29, 0.717) is 6.42 Å². The second kappa shape index (κ2) is 16.1. The number of esters is 2. The molecule has 2 aromatic carbocycles. The summed E-state index contributed by atoms with van der Waals surface area (Å²) in [6.45, 7) is 5.57. The van der Waals surface area contributed by atoms with Gasteiger partial charge >= 0.3 is 18.0 Å². The number of cyclic esters (lactones) is 1. The van der Waals surface area contributed by atoms with Crippen molar-refractivity contribution in [3.63, 3.8) is 0 Å². The van der Waals surface area contributed by atoms with Gasteiger partial charge in [-0.2, -0.15) is 0 Å². The van der Waals surface area contributed by atoms with Crippen LogP contribution in [0.15, 0.2) is 60.7 Å². The number of nitrogens with one attached hydrogen (secondary N) is 3. The lowest BCUT2D eigenvalue weighted by Gasteiger charge is -2.37.